The molecule has 18 heavy (non-hydrogen) atoms. The summed E-state index contributed by atoms with van der Waals surface area (Å²) >= 11 is 0. The van der Waals surface area contributed by atoms with Gasteiger partial charge in [0, 0.05) is 18.9 Å². The summed E-state index contributed by atoms with van der Waals surface area (Å²) in [5.41, 5.74) is 4.67. The van der Waals surface area contributed by atoms with Crippen molar-refractivity contribution in [1.29, 1.82) is 0 Å². The van der Waals surface area contributed by atoms with Crippen LogP contribution in [0.4, 0.5) is 18.9 Å². The van der Waals surface area contributed by atoms with E-state index in [2.05, 4.69) is 4.98 Å². The molecule has 0 radical (unpaired) electrons. The van der Waals surface area contributed by atoms with Crippen LogP contribution in [0.25, 0.3) is 0 Å². The van der Waals surface area contributed by atoms with Crippen LogP contribution in [-0.4, -0.2) is 24.3 Å². The summed E-state index contributed by atoms with van der Waals surface area (Å²) in [6, 6.07) is 0.838. The molecule has 2 heterocycles. The fourth-order valence-electron chi connectivity index (χ4n) is 1.68. The van der Waals surface area contributed by atoms with Crippen LogP contribution in [0.2, 0.25) is 0 Å². The zero-order chi connectivity index (χ0) is 13.2. The van der Waals surface area contributed by atoms with Crippen molar-refractivity contribution in [2.45, 2.75) is 25.1 Å². The molecule has 0 bridgehead atoms. The molecule has 2 rings (SSSR count). The average molecular weight is 262 g/mol. The fourth-order valence-corrected chi connectivity index (χ4v) is 1.68. The number of hydrogen-bond donors (Lipinski definition) is 1. The molecule has 1 fully saturated rings. The minimum atomic E-state index is -4.50. The highest BCUT2D eigenvalue weighted by Crippen LogP contribution is 2.33. The molecule has 0 amide bonds. The van der Waals surface area contributed by atoms with Crippen molar-refractivity contribution in [1.82, 2.24) is 4.98 Å². The van der Waals surface area contributed by atoms with Crippen molar-refractivity contribution in [3.05, 3.63) is 18.0 Å². The van der Waals surface area contributed by atoms with Crippen molar-refractivity contribution in [3.63, 3.8) is 0 Å². The highest BCUT2D eigenvalue weighted by molar-refractivity contribution is 5.51. The summed E-state index contributed by atoms with van der Waals surface area (Å²) < 4.78 is 48.1. The second-order valence-corrected chi connectivity index (χ2v) is 4.03. The molecular formula is C11H13F3N2O2. The molecule has 1 saturated heterocycles. The number of hydrogen-bond acceptors (Lipinski definition) is 4. The molecule has 0 spiro atoms. The van der Waals surface area contributed by atoms with Crippen molar-refractivity contribution in [3.8, 4) is 5.75 Å². The molecule has 7 heteroatoms. The summed E-state index contributed by atoms with van der Waals surface area (Å²) in [7, 11) is 0. The SMILES string of the molecule is Nc1cnc(C(F)(F)F)cc1OC1CCOCC1. The molecule has 0 aromatic carbocycles. The van der Waals surface area contributed by atoms with E-state index in [-0.39, 0.29) is 17.5 Å². The van der Waals surface area contributed by atoms with Crippen LogP contribution >= 0.6 is 0 Å². The van der Waals surface area contributed by atoms with Crippen molar-refractivity contribution in [2.75, 3.05) is 18.9 Å². The van der Waals surface area contributed by atoms with Crippen LogP contribution in [0.3, 0.4) is 0 Å². The van der Waals surface area contributed by atoms with Gasteiger partial charge in [-0.1, -0.05) is 0 Å². The maximum atomic E-state index is 12.5. The number of rotatable bonds is 2. The molecule has 1 aliphatic rings. The highest BCUT2D eigenvalue weighted by Gasteiger charge is 2.33. The summed E-state index contributed by atoms with van der Waals surface area (Å²) in [4.78, 5) is 3.25. The Hall–Kier alpha value is -1.50. The van der Waals surface area contributed by atoms with Crippen molar-refractivity contribution >= 4 is 5.69 Å². The standard InChI is InChI=1S/C11H13F3N2O2/c12-11(13,14)10-5-9(8(15)6-16-10)18-7-1-3-17-4-2-7/h5-7H,1-4,15H2. The molecule has 1 aromatic rings. The number of ether oxygens (including phenoxy) is 2. The molecule has 0 aliphatic carbocycles. The van der Waals surface area contributed by atoms with Gasteiger partial charge in [0.15, 0.2) is 0 Å². The van der Waals surface area contributed by atoms with Gasteiger partial charge in [-0.2, -0.15) is 13.2 Å². The van der Waals surface area contributed by atoms with Crippen LogP contribution in [0.5, 0.6) is 5.75 Å². The number of pyridine rings is 1. The lowest BCUT2D eigenvalue weighted by Crippen LogP contribution is -2.26. The van der Waals surface area contributed by atoms with Gasteiger partial charge < -0.3 is 15.2 Å². The molecular weight excluding hydrogens is 249 g/mol. The second-order valence-electron chi connectivity index (χ2n) is 4.03. The minimum Gasteiger partial charge on any atom is -0.488 e. The number of nitrogens with zero attached hydrogens (tertiary/aromatic N) is 1. The van der Waals surface area contributed by atoms with Gasteiger partial charge >= 0.3 is 6.18 Å². The molecule has 1 aliphatic heterocycles. The maximum absolute atomic E-state index is 12.5. The van der Waals surface area contributed by atoms with Gasteiger partial charge in [0.05, 0.1) is 25.1 Å². The van der Waals surface area contributed by atoms with Crippen LogP contribution in [0.1, 0.15) is 18.5 Å². The number of anilines is 1. The number of alkyl halides is 3. The van der Waals surface area contributed by atoms with E-state index in [9.17, 15) is 13.2 Å². The number of aromatic nitrogens is 1. The second kappa shape index (κ2) is 5.01. The monoisotopic (exact) mass is 262 g/mol. The summed E-state index contributed by atoms with van der Waals surface area (Å²) in [5.74, 6) is 0.0317. The lowest BCUT2D eigenvalue weighted by Gasteiger charge is -2.24. The molecule has 0 atom stereocenters. The Bertz CT molecular complexity index is 417. The molecule has 0 saturated carbocycles. The van der Waals surface area contributed by atoms with Gasteiger partial charge in [0.2, 0.25) is 0 Å². The van der Waals surface area contributed by atoms with Gasteiger partial charge in [-0.25, -0.2) is 4.98 Å². The predicted molar refractivity (Wildman–Crippen MR) is 58.1 cm³/mol. The van der Waals surface area contributed by atoms with E-state index in [0.29, 0.717) is 26.1 Å². The smallest absolute Gasteiger partial charge is 0.433 e. The fraction of sp³-hybridized carbons (Fsp3) is 0.545. The lowest BCUT2D eigenvalue weighted by molar-refractivity contribution is -0.141. The van der Waals surface area contributed by atoms with Gasteiger partial charge in [-0.15, -0.1) is 0 Å². The Labute approximate surface area is 102 Å². The van der Waals surface area contributed by atoms with E-state index < -0.39 is 11.9 Å². The van der Waals surface area contributed by atoms with Gasteiger partial charge in [-0.3, -0.25) is 0 Å². The van der Waals surface area contributed by atoms with Crippen LogP contribution in [0, 0.1) is 0 Å². The van der Waals surface area contributed by atoms with E-state index in [4.69, 9.17) is 15.2 Å². The van der Waals surface area contributed by atoms with E-state index in [1.807, 2.05) is 0 Å². The van der Waals surface area contributed by atoms with E-state index in [1.165, 1.54) is 0 Å². The number of halogens is 3. The van der Waals surface area contributed by atoms with Crippen molar-refractivity contribution in [2.24, 2.45) is 0 Å². The Kier molecular flexibility index (Phi) is 3.60. The highest BCUT2D eigenvalue weighted by atomic mass is 19.4. The van der Waals surface area contributed by atoms with Crippen LogP contribution < -0.4 is 10.5 Å². The first-order chi connectivity index (χ1) is 8.47. The first-order valence-electron chi connectivity index (χ1n) is 5.54. The summed E-state index contributed by atoms with van der Waals surface area (Å²) in [6.07, 6.45) is -2.41. The van der Waals surface area contributed by atoms with E-state index in [1.54, 1.807) is 0 Å². The molecule has 0 unspecified atom stereocenters. The summed E-state index contributed by atoms with van der Waals surface area (Å²) in [6.45, 7) is 1.09. The zero-order valence-electron chi connectivity index (χ0n) is 9.54. The third kappa shape index (κ3) is 3.04. The first kappa shape index (κ1) is 12.9. The zero-order valence-corrected chi connectivity index (χ0v) is 9.54. The molecule has 2 N–H and O–H groups in total. The molecule has 100 valence electrons. The van der Waals surface area contributed by atoms with E-state index in [0.717, 1.165) is 12.3 Å². The summed E-state index contributed by atoms with van der Waals surface area (Å²) in [5, 5.41) is 0. The van der Waals surface area contributed by atoms with E-state index >= 15 is 0 Å². The van der Waals surface area contributed by atoms with Crippen LogP contribution in [0.15, 0.2) is 12.3 Å². The Morgan fingerprint density at radius 3 is 2.61 bits per heavy atom. The Balaban J connectivity index is 2.15. The average Bonchev–Trinajstić information content (AvgIpc) is 2.32. The number of nitrogens with two attached hydrogens (primary N) is 1. The van der Waals surface area contributed by atoms with Crippen molar-refractivity contribution < 1.29 is 22.6 Å². The maximum Gasteiger partial charge on any atom is 0.433 e. The largest absolute Gasteiger partial charge is 0.488 e. The third-order valence-corrected chi connectivity index (χ3v) is 2.65. The molecule has 4 nitrogen and oxygen atoms in total. The van der Waals surface area contributed by atoms with Gasteiger partial charge in [0.1, 0.15) is 17.5 Å². The minimum absolute atomic E-state index is 0.0317. The molecule has 1 aromatic heterocycles. The first-order valence-corrected chi connectivity index (χ1v) is 5.54. The van der Waals surface area contributed by atoms with Crippen LogP contribution in [-0.2, 0) is 10.9 Å². The Morgan fingerprint density at radius 1 is 1.33 bits per heavy atom. The quantitative estimate of drug-likeness (QED) is 0.888. The Morgan fingerprint density at radius 2 is 2.00 bits per heavy atom. The topological polar surface area (TPSA) is 57.4 Å². The third-order valence-electron chi connectivity index (χ3n) is 2.65. The predicted octanol–water partition coefficient (Wildman–Crippen LogP) is 2.24. The normalized spacial score (nSPS) is 17.7. The lowest BCUT2D eigenvalue weighted by atomic mass is 10.1. The number of nitrogen functional groups attached to an aromatic ring is 1. The van der Waals surface area contributed by atoms with Gasteiger partial charge in [-0.05, 0) is 0 Å². The van der Waals surface area contributed by atoms with Gasteiger partial charge in [0.25, 0.3) is 0 Å².